The molecule has 0 bridgehead atoms. The first kappa shape index (κ1) is 14.0. The van der Waals surface area contributed by atoms with Gasteiger partial charge < -0.3 is 10.1 Å². The van der Waals surface area contributed by atoms with Crippen LogP contribution in [0.2, 0.25) is 0 Å². The first-order valence-electron chi connectivity index (χ1n) is 6.00. The highest BCUT2D eigenvalue weighted by molar-refractivity contribution is 9.10. The van der Waals surface area contributed by atoms with Crippen molar-refractivity contribution in [2.45, 2.75) is 13.0 Å². The Morgan fingerprint density at radius 1 is 1.26 bits per heavy atom. The molecule has 1 aromatic carbocycles. The molecule has 5 heteroatoms. The van der Waals surface area contributed by atoms with Crippen molar-refractivity contribution in [2.24, 2.45) is 0 Å². The van der Waals surface area contributed by atoms with Crippen LogP contribution in [-0.4, -0.2) is 24.1 Å². The number of nitrogens with one attached hydrogen (secondary N) is 1. The number of aromatic nitrogens is 2. The summed E-state index contributed by atoms with van der Waals surface area (Å²) >= 11 is 3.54. The summed E-state index contributed by atoms with van der Waals surface area (Å²) in [6.45, 7) is 0.486. The SMILES string of the molecule is CNc1cc(COC)nc(Cc2ccccc2Br)n1. The van der Waals surface area contributed by atoms with Gasteiger partial charge in [0.25, 0.3) is 0 Å². The summed E-state index contributed by atoms with van der Waals surface area (Å²) in [5, 5.41) is 3.05. The van der Waals surface area contributed by atoms with E-state index < -0.39 is 0 Å². The maximum atomic E-state index is 5.13. The Labute approximate surface area is 121 Å². The van der Waals surface area contributed by atoms with Gasteiger partial charge in [-0.2, -0.15) is 0 Å². The van der Waals surface area contributed by atoms with Gasteiger partial charge in [0.15, 0.2) is 0 Å². The Bertz CT molecular complexity index is 560. The molecular weight excluding hydrogens is 306 g/mol. The van der Waals surface area contributed by atoms with Gasteiger partial charge in [0.05, 0.1) is 12.3 Å². The van der Waals surface area contributed by atoms with Crippen molar-refractivity contribution in [3.05, 3.63) is 51.9 Å². The van der Waals surface area contributed by atoms with Gasteiger partial charge >= 0.3 is 0 Å². The molecule has 1 N–H and O–H groups in total. The minimum atomic E-state index is 0.486. The quantitative estimate of drug-likeness (QED) is 0.919. The highest BCUT2D eigenvalue weighted by atomic mass is 79.9. The molecule has 0 radical (unpaired) electrons. The highest BCUT2D eigenvalue weighted by Crippen LogP contribution is 2.19. The standard InChI is InChI=1S/C14H16BrN3O/c1-16-13-8-11(9-19-2)17-14(18-13)7-10-5-3-4-6-12(10)15/h3-6,8H,7,9H2,1-2H3,(H,16,17,18). The van der Waals surface area contributed by atoms with E-state index in [4.69, 9.17) is 4.74 Å². The van der Waals surface area contributed by atoms with Crippen molar-refractivity contribution in [1.29, 1.82) is 0 Å². The molecule has 0 amide bonds. The number of methoxy groups -OCH3 is 1. The van der Waals surface area contributed by atoms with Crippen molar-refractivity contribution in [1.82, 2.24) is 9.97 Å². The second kappa shape index (κ2) is 6.63. The van der Waals surface area contributed by atoms with Gasteiger partial charge in [-0.15, -0.1) is 0 Å². The number of nitrogens with zero attached hydrogens (tertiary/aromatic N) is 2. The fourth-order valence-corrected chi connectivity index (χ4v) is 2.22. The van der Waals surface area contributed by atoms with Crippen molar-refractivity contribution in [2.75, 3.05) is 19.5 Å². The van der Waals surface area contributed by atoms with E-state index in [1.807, 2.05) is 31.3 Å². The third-order valence-corrected chi connectivity index (χ3v) is 3.45. The van der Waals surface area contributed by atoms with Crippen LogP contribution in [0.5, 0.6) is 0 Å². The monoisotopic (exact) mass is 321 g/mol. The molecule has 0 aliphatic rings. The second-order valence-corrected chi connectivity index (χ2v) is 4.97. The summed E-state index contributed by atoms with van der Waals surface area (Å²) in [4.78, 5) is 8.98. The van der Waals surface area contributed by atoms with Gasteiger partial charge in [-0.1, -0.05) is 34.1 Å². The Morgan fingerprint density at radius 3 is 2.74 bits per heavy atom. The van der Waals surface area contributed by atoms with E-state index in [2.05, 4.69) is 37.3 Å². The zero-order chi connectivity index (χ0) is 13.7. The molecule has 0 fully saturated rings. The van der Waals surface area contributed by atoms with Crippen LogP contribution in [-0.2, 0) is 17.8 Å². The Hall–Kier alpha value is -1.46. The van der Waals surface area contributed by atoms with E-state index in [-0.39, 0.29) is 0 Å². The maximum Gasteiger partial charge on any atom is 0.135 e. The van der Waals surface area contributed by atoms with Crippen LogP contribution in [0, 0.1) is 0 Å². The van der Waals surface area contributed by atoms with Gasteiger partial charge in [0.1, 0.15) is 11.6 Å². The lowest BCUT2D eigenvalue weighted by Crippen LogP contribution is -2.05. The van der Waals surface area contributed by atoms with E-state index in [9.17, 15) is 0 Å². The minimum Gasteiger partial charge on any atom is -0.378 e. The predicted molar refractivity (Wildman–Crippen MR) is 79.2 cm³/mol. The third kappa shape index (κ3) is 3.75. The van der Waals surface area contributed by atoms with Gasteiger partial charge in [0.2, 0.25) is 0 Å². The zero-order valence-electron chi connectivity index (χ0n) is 11.0. The maximum absolute atomic E-state index is 5.13. The first-order chi connectivity index (χ1) is 9.22. The van der Waals surface area contributed by atoms with E-state index in [0.717, 1.165) is 21.8 Å². The molecule has 4 nitrogen and oxygen atoms in total. The van der Waals surface area contributed by atoms with Crippen LogP contribution in [0.4, 0.5) is 5.82 Å². The van der Waals surface area contributed by atoms with Crippen molar-refractivity contribution in [3.8, 4) is 0 Å². The normalized spacial score (nSPS) is 10.5. The van der Waals surface area contributed by atoms with Crippen molar-refractivity contribution < 1.29 is 4.74 Å². The molecule has 0 spiro atoms. The first-order valence-corrected chi connectivity index (χ1v) is 6.79. The second-order valence-electron chi connectivity index (χ2n) is 4.11. The van der Waals surface area contributed by atoms with Crippen LogP contribution < -0.4 is 5.32 Å². The number of hydrogen-bond acceptors (Lipinski definition) is 4. The molecule has 2 aromatic rings. The fraction of sp³-hybridized carbons (Fsp3) is 0.286. The molecule has 1 heterocycles. The number of ether oxygens (including phenoxy) is 1. The van der Waals surface area contributed by atoms with Crippen molar-refractivity contribution >= 4 is 21.7 Å². The lowest BCUT2D eigenvalue weighted by Gasteiger charge is -2.08. The lowest BCUT2D eigenvalue weighted by molar-refractivity contribution is 0.181. The number of anilines is 1. The summed E-state index contributed by atoms with van der Waals surface area (Å²) in [6.07, 6.45) is 0.688. The highest BCUT2D eigenvalue weighted by Gasteiger charge is 2.07. The average Bonchev–Trinajstić information content (AvgIpc) is 2.41. The summed E-state index contributed by atoms with van der Waals surface area (Å²) < 4.78 is 6.20. The topological polar surface area (TPSA) is 47.0 Å². The summed E-state index contributed by atoms with van der Waals surface area (Å²) in [6, 6.07) is 9.99. The van der Waals surface area contributed by atoms with Gasteiger partial charge in [-0.3, -0.25) is 0 Å². The summed E-state index contributed by atoms with van der Waals surface area (Å²) in [5.41, 5.74) is 2.04. The third-order valence-electron chi connectivity index (χ3n) is 2.68. The Morgan fingerprint density at radius 2 is 2.05 bits per heavy atom. The fourth-order valence-electron chi connectivity index (χ4n) is 1.79. The molecule has 0 aliphatic carbocycles. The molecular formula is C14H16BrN3O. The predicted octanol–water partition coefficient (Wildman–Crippen LogP) is 3.02. The Kier molecular flexibility index (Phi) is 4.87. The summed E-state index contributed by atoms with van der Waals surface area (Å²) in [5.74, 6) is 1.59. The Balaban J connectivity index is 2.29. The molecule has 2 rings (SSSR count). The number of hydrogen-bond donors (Lipinski definition) is 1. The van der Waals surface area contributed by atoms with E-state index in [1.54, 1.807) is 7.11 Å². The van der Waals surface area contributed by atoms with Crippen LogP contribution in [0.15, 0.2) is 34.8 Å². The van der Waals surface area contributed by atoms with Crippen LogP contribution in [0.1, 0.15) is 17.1 Å². The van der Waals surface area contributed by atoms with E-state index in [1.165, 1.54) is 5.56 Å². The molecule has 0 atom stereocenters. The largest absolute Gasteiger partial charge is 0.378 e. The number of halogens is 1. The molecule has 100 valence electrons. The molecule has 0 saturated heterocycles. The van der Waals surface area contributed by atoms with E-state index in [0.29, 0.717) is 13.0 Å². The lowest BCUT2D eigenvalue weighted by atomic mass is 10.1. The van der Waals surface area contributed by atoms with Crippen LogP contribution >= 0.6 is 15.9 Å². The molecule has 0 saturated carbocycles. The minimum absolute atomic E-state index is 0.486. The molecule has 0 aliphatic heterocycles. The summed E-state index contributed by atoms with van der Waals surface area (Å²) in [7, 11) is 3.51. The number of rotatable bonds is 5. The van der Waals surface area contributed by atoms with Crippen LogP contribution in [0.3, 0.4) is 0 Å². The molecule has 1 aromatic heterocycles. The average molecular weight is 322 g/mol. The molecule has 19 heavy (non-hydrogen) atoms. The smallest absolute Gasteiger partial charge is 0.135 e. The van der Waals surface area contributed by atoms with Crippen molar-refractivity contribution in [3.63, 3.8) is 0 Å². The van der Waals surface area contributed by atoms with Gasteiger partial charge in [-0.05, 0) is 11.6 Å². The van der Waals surface area contributed by atoms with Crippen LogP contribution in [0.25, 0.3) is 0 Å². The molecule has 0 unspecified atom stereocenters. The van der Waals surface area contributed by atoms with Gasteiger partial charge in [-0.25, -0.2) is 9.97 Å². The number of benzene rings is 1. The van der Waals surface area contributed by atoms with Gasteiger partial charge in [0, 0.05) is 31.1 Å². The zero-order valence-corrected chi connectivity index (χ0v) is 12.6. The van der Waals surface area contributed by atoms with E-state index >= 15 is 0 Å².